The van der Waals surface area contributed by atoms with Gasteiger partial charge in [0.2, 0.25) is 5.91 Å². The Labute approximate surface area is 224 Å². The lowest BCUT2D eigenvalue weighted by atomic mass is 10.0. The zero-order valence-electron chi connectivity index (χ0n) is 19.6. The van der Waals surface area contributed by atoms with Gasteiger partial charge in [0, 0.05) is 24.0 Å². The van der Waals surface area contributed by atoms with E-state index in [0.29, 0.717) is 28.8 Å². The number of nitrogens with zero attached hydrogens (tertiary/aromatic N) is 1. The molecule has 0 aliphatic carbocycles. The van der Waals surface area contributed by atoms with Crippen LogP contribution >= 0.6 is 39.1 Å². The number of nitrogens with one attached hydrogen (secondary N) is 1. The Morgan fingerprint density at radius 1 is 1.00 bits per heavy atom. The first kappa shape index (κ1) is 27.1. The second-order valence-corrected chi connectivity index (χ2v) is 9.74. The third-order valence-electron chi connectivity index (χ3n) is 5.45. The molecular weight excluding hydrogens is 551 g/mol. The number of ether oxygens (including phenoxy) is 1. The van der Waals surface area contributed by atoms with E-state index in [-0.39, 0.29) is 25.0 Å². The smallest absolute Gasteiger partial charge is 0.261 e. The Morgan fingerprint density at radius 2 is 1.74 bits per heavy atom. The summed E-state index contributed by atoms with van der Waals surface area (Å²) in [5.74, 6) is 0.0271. The Hall–Kier alpha value is -2.54. The first-order valence-electron chi connectivity index (χ1n) is 11.2. The van der Waals surface area contributed by atoms with Crippen LogP contribution in [0.25, 0.3) is 0 Å². The maximum absolute atomic E-state index is 13.5. The van der Waals surface area contributed by atoms with E-state index < -0.39 is 6.04 Å². The lowest BCUT2D eigenvalue weighted by Gasteiger charge is -2.31. The van der Waals surface area contributed by atoms with Gasteiger partial charge in [-0.25, -0.2) is 0 Å². The minimum absolute atomic E-state index is 0.174. The summed E-state index contributed by atoms with van der Waals surface area (Å²) in [4.78, 5) is 28.2. The molecule has 0 heterocycles. The maximum atomic E-state index is 13.5. The van der Waals surface area contributed by atoms with Crippen LogP contribution in [0, 0.1) is 6.92 Å². The molecule has 1 atom stereocenters. The van der Waals surface area contributed by atoms with Crippen LogP contribution in [0.15, 0.2) is 71.2 Å². The number of aryl methyl sites for hydroxylation is 1. The number of likely N-dealkylation sites (N-methyl/N-ethyl adjacent to an activating group) is 1. The molecule has 0 aromatic heterocycles. The van der Waals surface area contributed by atoms with Gasteiger partial charge in [0.25, 0.3) is 5.91 Å². The van der Waals surface area contributed by atoms with Gasteiger partial charge in [-0.15, -0.1) is 0 Å². The van der Waals surface area contributed by atoms with Crippen LogP contribution in [0.4, 0.5) is 0 Å². The Balaban J connectivity index is 1.91. The summed E-state index contributed by atoms with van der Waals surface area (Å²) in [6.45, 7) is 4.20. The van der Waals surface area contributed by atoms with Crippen molar-refractivity contribution in [3.05, 3.63) is 97.9 Å². The number of amides is 2. The third-order valence-corrected chi connectivity index (χ3v) is 7.08. The molecule has 8 heteroatoms. The van der Waals surface area contributed by atoms with E-state index in [1.54, 1.807) is 29.2 Å². The van der Waals surface area contributed by atoms with E-state index in [4.69, 9.17) is 27.9 Å². The second kappa shape index (κ2) is 13.0. The fraction of sp³-hybridized carbons (Fsp3) is 0.259. The van der Waals surface area contributed by atoms with Crippen molar-refractivity contribution in [2.24, 2.45) is 0 Å². The number of carbonyl (C=O) groups excluding carboxylic acids is 2. The zero-order chi connectivity index (χ0) is 25.4. The van der Waals surface area contributed by atoms with E-state index in [0.717, 1.165) is 21.2 Å². The SMILES string of the molecule is CCNC(=O)C(Cc1ccccc1)N(Cc1ccc(Cl)c(Cl)c1)C(=O)COc1ccc(Br)c(C)c1. The van der Waals surface area contributed by atoms with Crippen molar-refractivity contribution in [1.82, 2.24) is 10.2 Å². The first-order chi connectivity index (χ1) is 16.8. The van der Waals surface area contributed by atoms with Crippen LogP contribution in [0.2, 0.25) is 10.0 Å². The van der Waals surface area contributed by atoms with Crippen LogP contribution < -0.4 is 10.1 Å². The largest absolute Gasteiger partial charge is 0.484 e. The van der Waals surface area contributed by atoms with Gasteiger partial charge in [0.05, 0.1) is 10.0 Å². The summed E-state index contributed by atoms with van der Waals surface area (Å²) in [7, 11) is 0. The molecule has 1 unspecified atom stereocenters. The van der Waals surface area contributed by atoms with Gasteiger partial charge in [0.1, 0.15) is 11.8 Å². The average molecular weight is 578 g/mol. The van der Waals surface area contributed by atoms with Crippen molar-refractivity contribution in [3.63, 3.8) is 0 Å². The molecule has 35 heavy (non-hydrogen) atoms. The summed E-state index contributed by atoms with van der Waals surface area (Å²) < 4.78 is 6.77. The molecule has 0 bridgehead atoms. The normalized spacial score (nSPS) is 11.6. The number of rotatable bonds is 10. The molecule has 0 spiro atoms. The average Bonchev–Trinajstić information content (AvgIpc) is 2.84. The molecule has 0 fully saturated rings. The highest BCUT2D eigenvalue weighted by Crippen LogP contribution is 2.25. The Kier molecular flexibility index (Phi) is 10.0. The molecule has 3 aromatic carbocycles. The van der Waals surface area contributed by atoms with Gasteiger partial charge in [-0.05, 0) is 60.9 Å². The predicted molar refractivity (Wildman–Crippen MR) is 144 cm³/mol. The number of benzene rings is 3. The number of hydrogen-bond acceptors (Lipinski definition) is 3. The van der Waals surface area contributed by atoms with E-state index in [2.05, 4.69) is 21.2 Å². The quantitative estimate of drug-likeness (QED) is 0.311. The highest BCUT2D eigenvalue weighted by Gasteiger charge is 2.30. The highest BCUT2D eigenvalue weighted by atomic mass is 79.9. The lowest BCUT2D eigenvalue weighted by molar-refractivity contribution is -0.142. The van der Waals surface area contributed by atoms with Crippen molar-refractivity contribution < 1.29 is 14.3 Å². The van der Waals surface area contributed by atoms with Gasteiger partial charge < -0.3 is 15.0 Å². The summed E-state index contributed by atoms with van der Waals surface area (Å²) in [5.41, 5.74) is 2.70. The van der Waals surface area contributed by atoms with Crippen LogP contribution in [-0.4, -0.2) is 35.9 Å². The van der Waals surface area contributed by atoms with Gasteiger partial charge >= 0.3 is 0 Å². The molecule has 5 nitrogen and oxygen atoms in total. The van der Waals surface area contributed by atoms with Crippen LogP contribution in [-0.2, 0) is 22.6 Å². The second-order valence-electron chi connectivity index (χ2n) is 8.07. The predicted octanol–water partition coefficient (Wildman–Crippen LogP) is 6.22. The molecule has 3 rings (SSSR count). The summed E-state index contributed by atoms with van der Waals surface area (Å²) in [6, 6.07) is 19.6. The molecular formula is C27H27BrCl2N2O3. The van der Waals surface area contributed by atoms with Gasteiger partial charge in [0.15, 0.2) is 6.61 Å². The standard InChI is InChI=1S/C27H27BrCl2N2O3/c1-3-31-27(34)25(15-19-7-5-4-6-8-19)32(16-20-9-12-23(29)24(30)14-20)26(33)17-35-21-10-11-22(28)18(2)13-21/h4-14,25H,3,15-17H2,1-2H3,(H,31,34). The number of halogens is 3. The minimum Gasteiger partial charge on any atom is -0.484 e. The van der Waals surface area contributed by atoms with Crippen molar-refractivity contribution in [2.75, 3.05) is 13.2 Å². The maximum Gasteiger partial charge on any atom is 0.261 e. The van der Waals surface area contributed by atoms with Gasteiger partial charge in [-0.3, -0.25) is 9.59 Å². The van der Waals surface area contributed by atoms with Crippen LogP contribution in [0.3, 0.4) is 0 Å². The fourth-order valence-corrected chi connectivity index (χ4v) is 4.18. The molecule has 0 radical (unpaired) electrons. The van der Waals surface area contributed by atoms with Crippen molar-refractivity contribution in [3.8, 4) is 5.75 Å². The van der Waals surface area contributed by atoms with Crippen molar-refractivity contribution in [1.29, 1.82) is 0 Å². The molecule has 2 amide bonds. The molecule has 0 saturated heterocycles. The van der Waals surface area contributed by atoms with Crippen molar-refractivity contribution in [2.45, 2.75) is 32.9 Å². The minimum atomic E-state index is -0.741. The summed E-state index contributed by atoms with van der Waals surface area (Å²) >= 11 is 15.8. The van der Waals surface area contributed by atoms with Crippen LogP contribution in [0.1, 0.15) is 23.6 Å². The summed E-state index contributed by atoms with van der Waals surface area (Å²) in [6.07, 6.45) is 0.358. The third kappa shape index (κ3) is 7.72. The Morgan fingerprint density at radius 3 is 2.40 bits per heavy atom. The zero-order valence-corrected chi connectivity index (χ0v) is 22.7. The fourth-order valence-electron chi connectivity index (χ4n) is 3.62. The lowest BCUT2D eigenvalue weighted by Crippen LogP contribution is -2.51. The number of carbonyl (C=O) groups is 2. The number of hydrogen-bond donors (Lipinski definition) is 1. The van der Waals surface area contributed by atoms with Crippen LogP contribution in [0.5, 0.6) is 5.75 Å². The van der Waals surface area contributed by atoms with E-state index in [9.17, 15) is 9.59 Å². The monoisotopic (exact) mass is 576 g/mol. The molecule has 1 N–H and O–H groups in total. The molecule has 0 saturated carbocycles. The van der Waals surface area contributed by atoms with E-state index >= 15 is 0 Å². The Bertz CT molecular complexity index is 1170. The van der Waals surface area contributed by atoms with Gasteiger partial charge in [-0.1, -0.05) is 75.5 Å². The van der Waals surface area contributed by atoms with Crippen molar-refractivity contribution >= 4 is 50.9 Å². The van der Waals surface area contributed by atoms with Gasteiger partial charge in [-0.2, -0.15) is 0 Å². The highest BCUT2D eigenvalue weighted by molar-refractivity contribution is 9.10. The first-order valence-corrected chi connectivity index (χ1v) is 12.8. The molecule has 0 aliphatic heterocycles. The summed E-state index contributed by atoms with van der Waals surface area (Å²) in [5, 5.41) is 3.68. The molecule has 0 aliphatic rings. The molecule has 3 aromatic rings. The molecule has 184 valence electrons. The van der Waals surface area contributed by atoms with E-state index in [1.165, 1.54) is 0 Å². The van der Waals surface area contributed by atoms with E-state index in [1.807, 2.05) is 56.3 Å². The topological polar surface area (TPSA) is 58.6 Å².